The van der Waals surface area contributed by atoms with Crippen LogP contribution >= 0.6 is 11.6 Å². The highest BCUT2D eigenvalue weighted by Crippen LogP contribution is 2.30. The molecule has 0 saturated carbocycles. The zero-order chi connectivity index (χ0) is 14.5. The van der Waals surface area contributed by atoms with Crippen molar-refractivity contribution in [3.05, 3.63) is 23.2 Å². The molecule has 0 aliphatic carbocycles. The number of primary amides is 1. The van der Waals surface area contributed by atoms with E-state index in [2.05, 4.69) is 5.32 Å². The fourth-order valence-corrected chi connectivity index (χ4v) is 2.53. The molecule has 1 saturated heterocycles. The maximum absolute atomic E-state index is 11.1. The SMILES string of the molecule is CCOc1ccc(Cl)cc1NC1CCN(C(N)=O)CC1. The van der Waals surface area contributed by atoms with Crippen molar-refractivity contribution in [1.82, 2.24) is 4.90 Å². The molecule has 5 nitrogen and oxygen atoms in total. The van der Waals surface area contributed by atoms with Gasteiger partial charge in [-0.05, 0) is 38.0 Å². The molecule has 0 spiro atoms. The number of amides is 2. The minimum absolute atomic E-state index is 0.295. The number of halogens is 1. The lowest BCUT2D eigenvalue weighted by Crippen LogP contribution is -2.44. The van der Waals surface area contributed by atoms with Crippen molar-refractivity contribution >= 4 is 23.3 Å². The number of rotatable bonds is 4. The van der Waals surface area contributed by atoms with Crippen LogP contribution in [-0.2, 0) is 0 Å². The van der Waals surface area contributed by atoms with E-state index in [0.29, 0.717) is 30.8 Å². The van der Waals surface area contributed by atoms with Crippen LogP contribution in [0.25, 0.3) is 0 Å². The van der Waals surface area contributed by atoms with Gasteiger partial charge in [0.25, 0.3) is 0 Å². The highest BCUT2D eigenvalue weighted by atomic mass is 35.5. The van der Waals surface area contributed by atoms with Crippen LogP contribution < -0.4 is 15.8 Å². The van der Waals surface area contributed by atoms with Crippen LogP contribution in [0.1, 0.15) is 19.8 Å². The van der Waals surface area contributed by atoms with E-state index in [4.69, 9.17) is 22.1 Å². The molecule has 1 heterocycles. The Morgan fingerprint density at radius 3 is 2.80 bits per heavy atom. The molecule has 6 heteroatoms. The molecule has 3 N–H and O–H groups in total. The number of benzene rings is 1. The van der Waals surface area contributed by atoms with Gasteiger partial charge in [0, 0.05) is 24.2 Å². The molecule has 0 radical (unpaired) electrons. The Kier molecular flexibility index (Phi) is 4.95. The summed E-state index contributed by atoms with van der Waals surface area (Å²) >= 11 is 6.03. The number of nitrogens with one attached hydrogen (secondary N) is 1. The first kappa shape index (κ1) is 14.8. The van der Waals surface area contributed by atoms with Gasteiger partial charge in [-0.2, -0.15) is 0 Å². The molecule has 110 valence electrons. The van der Waals surface area contributed by atoms with Crippen molar-refractivity contribution < 1.29 is 9.53 Å². The molecule has 0 aromatic heterocycles. The Bertz CT molecular complexity index is 473. The number of nitrogens with two attached hydrogens (primary N) is 1. The summed E-state index contributed by atoms with van der Waals surface area (Å²) in [6, 6.07) is 5.50. The maximum atomic E-state index is 11.1. The third-order valence-corrected chi connectivity index (χ3v) is 3.64. The van der Waals surface area contributed by atoms with Crippen LogP contribution in [0, 0.1) is 0 Å². The van der Waals surface area contributed by atoms with Gasteiger partial charge in [-0.1, -0.05) is 11.6 Å². The van der Waals surface area contributed by atoms with E-state index >= 15 is 0 Å². The molecule has 1 aliphatic rings. The minimum atomic E-state index is -0.346. The normalized spacial score (nSPS) is 16.0. The lowest BCUT2D eigenvalue weighted by atomic mass is 10.0. The fourth-order valence-electron chi connectivity index (χ4n) is 2.36. The standard InChI is InChI=1S/C14H20ClN3O2/c1-2-20-13-4-3-10(15)9-12(13)17-11-5-7-18(8-6-11)14(16)19/h3-4,9,11,17H,2,5-8H2,1H3,(H2,16,19). The number of anilines is 1. The predicted octanol–water partition coefficient (Wildman–Crippen LogP) is 2.69. The first-order chi connectivity index (χ1) is 9.60. The summed E-state index contributed by atoms with van der Waals surface area (Å²) in [6.45, 7) is 3.91. The Balaban J connectivity index is 2.00. The second-order valence-electron chi connectivity index (χ2n) is 4.82. The Labute approximate surface area is 124 Å². The summed E-state index contributed by atoms with van der Waals surface area (Å²) in [6.07, 6.45) is 1.72. The van der Waals surface area contributed by atoms with E-state index in [1.165, 1.54) is 0 Å². The maximum Gasteiger partial charge on any atom is 0.314 e. The summed E-state index contributed by atoms with van der Waals surface area (Å²) in [4.78, 5) is 12.8. The monoisotopic (exact) mass is 297 g/mol. The van der Waals surface area contributed by atoms with Gasteiger partial charge in [0.2, 0.25) is 0 Å². The molecule has 0 atom stereocenters. The van der Waals surface area contributed by atoms with Gasteiger partial charge in [-0.25, -0.2) is 4.79 Å². The van der Waals surface area contributed by atoms with Gasteiger partial charge >= 0.3 is 6.03 Å². The van der Waals surface area contributed by atoms with Crippen LogP contribution in [0.15, 0.2) is 18.2 Å². The summed E-state index contributed by atoms with van der Waals surface area (Å²) < 4.78 is 5.59. The van der Waals surface area contributed by atoms with E-state index in [1.807, 2.05) is 25.1 Å². The second-order valence-corrected chi connectivity index (χ2v) is 5.25. The molecular formula is C14H20ClN3O2. The van der Waals surface area contributed by atoms with E-state index in [1.54, 1.807) is 4.90 Å². The molecule has 1 aliphatic heterocycles. The Hall–Kier alpha value is -1.62. The van der Waals surface area contributed by atoms with Gasteiger partial charge in [0.15, 0.2) is 0 Å². The van der Waals surface area contributed by atoms with E-state index < -0.39 is 0 Å². The molecule has 0 bridgehead atoms. The minimum Gasteiger partial charge on any atom is -0.492 e. The van der Waals surface area contributed by atoms with Crippen molar-refractivity contribution in [2.24, 2.45) is 5.73 Å². The summed E-state index contributed by atoms with van der Waals surface area (Å²) in [5.74, 6) is 0.800. The van der Waals surface area contributed by atoms with Gasteiger partial charge < -0.3 is 20.7 Å². The molecular weight excluding hydrogens is 278 g/mol. The van der Waals surface area contributed by atoms with E-state index in [0.717, 1.165) is 24.3 Å². The van der Waals surface area contributed by atoms with Crippen molar-refractivity contribution in [3.63, 3.8) is 0 Å². The summed E-state index contributed by atoms with van der Waals surface area (Å²) in [5.41, 5.74) is 6.18. The smallest absolute Gasteiger partial charge is 0.314 e. The van der Waals surface area contributed by atoms with Crippen LogP contribution in [0.2, 0.25) is 5.02 Å². The third kappa shape index (κ3) is 3.70. The number of hydrogen-bond donors (Lipinski definition) is 2. The molecule has 1 fully saturated rings. The molecule has 1 aromatic carbocycles. The third-order valence-electron chi connectivity index (χ3n) is 3.41. The van der Waals surface area contributed by atoms with Crippen molar-refractivity contribution in [3.8, 4) is 5.75 Å². The highest BCUT2D eigenvalue weighted by molar-refractivity contribution is 6.30. The molecule has 0 unspecified atom stereocenters. The number of nitrogens with zero attached hydrogens (tertiary/aromatic N) is 1. The van der Waals surface area contributed by atoms with Crippen LogP contribution in [0.4, 0.5) is 10.5 Å². The molecule has 2 amide bonds. The van der Waals surface area contributed by atoms with E-state index in [-0.39, 0.29) is 6.03 Å². The quantitative estimate of drug-likeness (QED) is 0.898. The summed E-state index contributed by atoms with van der Waals surface area (Å²) in [5, 5.41) is 4.12. The Morgan fingerprint density at radius 1 is 1.50 bits per heavy atom. The largest absolute Gasteiger partial charge is 0.492 e. The second kappa shape index (κ2) is 6.70. The average molecular weight is 298 g/mol. The molecule has 2 rings (SSSR count). The van der Waals surface area contributed by atoms with E-state index in [9.17, 15) is 4.79 Å². The van der Waals surface area contributed by atoms with Crippen molar-refractivity contribution in [1.29, 1.82) is 0 Å². The lowest BCUT2D eigenvalue weighted by Gasteiger charge is -2.32. The van der Waals surface area contributed by atoms with Crippen molar-refractivity contribution in [2.75, 3.05) is 25.0 Å². The van der Waals surface area contributed by atoms with Crippen LogP contribution in [0.5, 0.6) is 5.75 Å². The first-order valence-electron chi connectivity index (χ1n) is 6.83. The lowest BCUT2D eigenvalue weighted by molar-refractivity contribution is 0.193. The van der Waals surface area contributed by atoms with Crippen molar-refractivity contribution in [2.45, 2.75) is 25.8 Å². The van der Waals surface area contributed by atoms with Gasteiger partial charge in [-0.15, -0.1) is 0 Å². The molecule has 1 aromatic rings. The first-order valence-corrected chi connectivity index (χ1v) is 7.21. The van der Waals surface area contributed by atoms with Gasteiger partial charge in [0.05, 0.1) is 12.3 Å². The number of likely N-dealkylation sites (tertiary alicyclic amines) is 1. The van der Waals surface area contributed by atoms with Crippen LogP contribution in [0.3, 0.4) is 0 Å². The van der Waals surface area contributed by atoms with Crippen LogP contribution in [-0.4, -0.2) is 36.7 Å². The van der Waals surface area contributed by atoms with Gasteiger partial charge in [-0.3, -0.25) is 0 Å². The number of carbonyl (C=O) groups excluding carboxylic acids is 1. The van der Waals surface area contributed by atoms with Gasteiger partial charge in [0.1, 0.15) is 5.75 Å². The Morgan fingerprint density at radius 2 is 2.20 bits per heavy atom. The number of hydrogen-bond acceptors (Lipinski definition) is 3. The zero-order valence-corrected chi connectivity index (χ0v) is 12.3. The molecule has 20 heavy (non-hydrogen) atoms. The number of carbonyl (C=O) groups is 1. The topological polar surface area (TPSA) is 67.6 Å². The average Bonchev–Trinajstić information content (AvgIpc) is 2.42. The zero-order valence-electron chi connectivity index (χ0n) is 11.6. The number of urea groups is 1. The highest BCUT2D eigenvalue weighted by Gasteiger charge is 2.21. The number of ether oxygens (including phenoxy) is 1. The fraction of sp³-hybridized carbons (Fsp3) is 0.500. The summed E-state index contributed by atoms with van der Waals surface area (Å²) in [7, 11) is 0. The number of piperidine rings is 1. The predicted molar refractivity (Wildman–Crippen MR) is 80.4 cm³/mol.